The highest BCUT2D eigenvalue weighted by Crippen LogP contribution is 2.18. The molecule has 0 aliphatic heterocycles. The maximum absolute atomic E-state index is 13.6. The van der Waals surface area contributed by atoms with Crippen LogP contribution in [0.2, 0.25) is 0 Å². The Hall–Kier alpha value is -2.87. The second-order valence-corrected chi connectivity index (χ2v) is 5.90. The van der Waals surface area contributed by atoms with Crippen LogP contribution in [-0.4, -0.2) is 46.4 Å². The number of aromatic nitrogens is 3. The summed E-state index contributed by atoms with van der Waals surface area (Å²) in [5.74, 6) is -2.04. The third kappa shape index (κ3) is 3.80. The van der Waals surface area contributed by atoms with Crippen molar-refractivity contribution in [1.29, 1.82) is 0 Å². The number of carbonyl (C=O) groups excluding carboxylic acids is 1. The highest BCUT2D eigenvalue weighted by atomic mass is 19.1. The zero-order valence-corrected chi connectivity index (χ0v) is 13.8. The van der Waals surface area contributed by atoms with Crippen LogP contribution in [0, 0.1) is 11.6 Å². The van der Waals surface area contributed by atoms with Crippen LogP contribution < -0.4 is 5.32 Å². The average Bonchev–Trinajstić information content (AvgIpc) is 2.97. The lowest BCUT2D eigenvalue weighted by molar-refractivity contribution is 0.102. The summed E-state index contributed by atoms with van der Waals surface area (Å²) < 4.78 is 28.3. The van der Waals surface area contributed by atoms with Gasteiger partial charge in [-0.2, -0.15) is 0 Å². The zero-order valence-electron chi connectivity index (χ0n) is 13.8. The average molecular weight is 345 g/mol. The van der Waals surface area contributed by atoms with Crippen molar-refractivity contribution in [3.8, 4) is 0 Å². The second kappa shape index (κ2) is 6.94. The molecule has 0 saturated heterocycles. The van der Waals surface area contributed by atoms with Crippen LogP contribution in [0.5, 0.6) is 0 Å². The molecule has 1 aromatic heterocycles. The van der Waals surface area contributed by atoms with E-state index in [0.717, 1.165) is 24.2 Å². The van der Waals surface area contributed by atoms with Gasteiger partial charge in [0.15, 0.2) is 0 Å². The van der Waals surface area contributed by atoms with Gasteiger partial charge >= 0.3 is 0 Å². The summed E-state index contributed by atoms with van der Waals surface area (Å²) in [5, 5.41) is 10.6. The van der Waals surface area contributed by atoms with Gasteiger partial charge in [0.2, 0.25) is 0 Å². The predicted molar refractivity (Wildman–Crippen MR) is 90.4 cm³/mol. The molecule has 0 atom stereocenters. The number of amides is 1. The quantitative estimate of drug-likeness (QED) is 0.772. The Kier molecular flexibility index (Phi) is 4.71. The Bertz CT molecular complexity index is 923. The number of nitrogens with zero attached hydrogens (tertiary/aromatic N) is 4. The smallest absolute Gasteiger partial charge is 0.255 e. The Morgan fingerprint density at radius 2 is 2.00 bits per heavy atom. The highest BCUT2D eigenvalue weighted by Gasteiger charge is 2.13. The van der Waals surface area contributed by atoms with Gasteiger partial charge in [0, 0.05) is 18.2 Å². The summed E-state index contributed by atoms with van der Waals surface area (Å²) in [7, 11) is 3.94. The molecular weight excluding hydrogens is 328 g/mol. The zero-order chi connectivity index (χ0) is 18.0. The SMILES string of the molecule is CN(C)CCn1nnc2cc(C(=O)Nc3ccc(F)cc3F)ccc21. The lowest BCUT2D eigenvalue weighted by atomic mass is 10.1. The molecule has 0 fully saturated rings. The third-order valence-corrected chi connectivity index (χ3v) is 3.71. The molecule has 25 heavy (non-hydrogen) atoms. The molecule has 1 N–H and O–H groups in total. The van der Waals surface area contributed by atoms with Gasteiger partial charge in [-0.1, -0.05) is 5.21 Å². The number of likely N-dealkylation sites (N-methyl/N-ethyl adjacent to an activating group) is 1. The maximum Gasteiger partial charge on any atom is 0.255 e. The van der Waals surface area contributed by atoms with Crippen molar-refractivity contribution in [2.24, 2.45) is 0 Å². The maximum atomic E-state index is 13.6. The summed E-state index contributed by atoms with van der Waals surface area (Å²) in [6, 6.07) is 7.94. The molecule has 1 amide bonds. The van der Waals surface area contributed by atoms with Crippen molar-refractivity contribution in [3.63, 3.8) is 0 Å². The van der Waals surface area contributed by atoms with Crippen molar-refractivity contribution >= 4 is 22.6 Å². The number of anilines is 1. The fraction of sp³-hybridized carbons (Fsp3) is 0.235. The van der Waals surface area contributed by atoms with Gasteiger partial charge in [0.1, 0.15) is 17.2 Å². The van der Waals surface area contributed by atoms with Crippen LogP contribution in [0.4, 0.5) is 14.5 Å². The number of rotatable bonds is 5. The minimum Gasteiger partial charge on any atom is -0.319 e. The molecule has 3 rings (SSSR count). The number of nitrogens with one attached hydrogen (secondary N) is 1. The molecule has 0 saturated carbocycles. The number of fused-ring (bicyclic) bond motifs is 1. The number of hydrogen-bond donors (Lipinski definition) is 1. The molecular formula is C17H17F2N5O. The molecule has 130 valence electrons. The molecule has 6 nitrogen and oxygen atoms in total. The van der Waals surface area contributed by atoms with Gasteiger partial charge in [-0.3, -0.25) is 4.79 Å². The second-order valence-electron chi connectivity index (χ2n) is 5.90. The largest absolute Gasteiger partial charge is 0.319 e. The molecule has 2 aromatic carbocycles. The summed E-state index contributed by atoms with van der Waals surface area (Å²) in [6.07, 6.45) is 0. The van der Waals surface area contributed by atoms with E-state index in [-0.39, 0.29) is 5.69 Å². The van der Waals surface area contributed by atoms with Crippen LogP contribution in [0.3, 0.4) is 0 Å². The summed E-state index contributed by atoms with van der Waals surface area (Å²) in [6.45, 7) is 1.49. The molecule has 8 heteroatoms. The highest BCUT2D eigenvalue weighted by molar-refractivity contribution is 6.05. The van der Waals surface area contributed by atoms with Crippen LogP contribution in [0.25, 0.3) is 11.0 Å². The van der Waals surface area contributed by atoms with Gasteiger partial charge in [-0.15, -0.1) is 5.10 Å². The van der Waals surface area contributed by atoms with E-state index in [1.54, 1.807) is 22.9 Å². The van der Waals surface area contributed by atoms with Crippen LogP contribution in [-0.2, 0) is 6.54 Å². The van der Waals surface area contributed by atoms with Gasteiger partial charge in [0.25, 0.3) is 5.91 Å². The normalized spacial score (nSPS) is 11.2. The minimum absolute atomic E-state index is 0.0823. The number of carbonyl (C=O) groups is 1. The number of halogens is 2. The van der Waals surface area contributed by atoms with Crippen molar-refractivity contribution < 1.29 is 13.6 Å². The number of hydrogen-bond acceptors (Lipinski definition) is 4. The fourth-order valence-corrected chi connectivity index (χ4v) is 2.36. The van der Waals surface area contributed by atoms with E-state index in [1.807, 2.05) is 19.0 Å². The van der Waals surface area contributed by atoms with E-state index >= 15 is 0 Å². The van der Waals surface area contributed by atoms with E-state index in [1.165, 1.54) is 6.07 Å². The van der Waals surface area contributed by atoms with Crippen LogP contribution >= 0.6 is 0 Å². The standard InChI is InChI=1S/C17H17F2N5O/c1-23(2)7-8-24-16-6-3-11(9-15(16)21-22-24)17(25)20-14-5-4-12(18)10-13(14)19/h3-6,9-10H,7-8H2,1-2H3,(H,20,25). The van der Waals surface area contributed by atoms with E-state index in [2.05, 4.69) is 15.6 Å². The molecule has 3 aromatic rings. The predicted octanol–water partition coefficient (Wildman–Crippen LogP) is 2.52. The third-order valence-electron chi connectivity index (χ3n) is 3.71. The monoisotopic (exact) mass is 345 g/mol. The molecule has 0 bridgehead atoms. The van der Waals surface area contributed by atoms with E-state index < -0.39 is 17.5 Å². The Balaban J connectivity index is 1.80. The summed E-state index contributed by atoms with van der Waals surface area (Å²) >= 11 is 0. The Morgan fingerprint density at radius 3 is 2.72 bits per heavy atom. The Labute approximate surface area is 143 Å². The van der Waals surface area contributed by atoms with E-state index in [4.69, 9.17) is 0 Å². The number of benzene rings is 2. The van der Waals surface area contributed by atoms with Crippen molar-refractivity contribution in [3.05, 3.63) is 53.6 Å². The molecule has 1 heterocycles. The minimum atomic E-state index is -0.830. The van der Waals surface area contributed by atoms with Crippen LogP contribution in [0.15, 0.2) is 36.4 Å². The van der Waals surface area contributed by atoms with E-state index in [0.29, 0.717) is 17.6 Å². The first-order chi connectivity index (χ1) is 11.9. The van der Waals surface area contributed by atoms with Gasteiger partial charge in [0.05, 0.1) is 17.7 Å². The molecule has 0 aliphatic carbocycles. The van der Waals surface area contributed by atoms with Gasteiger partial charge < -0.3 is 10.2 Å². The van der Waals surface area contributed by atoms with Gasteiger partial charge in [-0.05, 0) is 44.4 Å². The lowest BCUT2D eigenvalue weighted by Gasteiger charge is -2.09. The lowest BCUT2D eigenvalue weighted by Crippen LogP contribution is -2.19. The molecule has 0 spiro atoms. The summed E-state index contributed by atoms with van der Waals surface area (Å²) in [4.78, 5) is 14.3. The first kappa shape index (κ1) is 17.0. The fourth-order valence-electron chi connectivity index (χ4n) is 2.36. The molecule has 0 unspecified atom stereocenters. The summed E-state index contributed by atoms with van der Waals surface area (Å²) in [5.41, 5.74) is 1.62. The van der Waals surface area contributed by atoms with Crippen LogP contribution in [0.1, 0.15) is 10.4 Å². The van der Waals surface area contributed by atoms with Crippen molar-refractivity contribution in [1.82, 2.24) is 19.9 Å². The Morgan fingerprint density at radius 1 is 1.20 bits per heavy atom. The van der Waals surface area contributed by atoms with Crippen molar-refractivity contribution in [2.45, 2.75) is 6.54 Å². The molecule has 0 radical (unpaired) electrons. The first-order valence-corrected chi connectivity index (χ1v) is 7.68. The van der Waals surface area contributed by atoms with E-state index in [9.17, 15) is 13.6 Å². The van der Waals surface area contributed by atoms with Crippen molar-refractivity contribution in [2.75, 3.05) is 26.0 Å². The van der Waals surface area contributed by atoms with Gasteiger partial charge in [-0.25, -0.2) is 13.5 Å². The molecule has 0 aliphatic rings. The first-order valence-electron chi connectivity index (χ1n) is 7.68. The topological polar surface area (TPSA) is 63.1 Å².